The molecule has 0 aliphatic carbocycles. The van der Waals surface area contributed by atoms with Crippen molar-refractivity contribution >= 4 is 26.9 Å². The minimum Gasteiger partial charge on any atom is -0.484 e. The average Bonchev–Trinajstić information content (AvgIpc) is 2.77. The van der Waals surface area contributed by atoms with Gasteiger partial charge in [0.15, 0.2) is 6.61 Å². The van der Waals surface area contributed by atoms with E-state index in [1.165, 1.54) is 10.4 Å². The van der Waals surface area contributed by atoms with Crippen molar-refractivity contribution in [2.24, 2.45) is 0 Å². The lowest BCUT2D eigenvalue weighted by molar-refractivity contribution is -0.134. The van der Waals surface area contributed by atoms with E-state index in [4.69, 9.17) is 9.15 Å². The Morgan fingerprint density at radius 2 is 1.72 bits per heavy atom. The number of piperazine rings is 1. The number of rotatable bonds is 5. The van der Waals surface area contributed by atoms with Crippen LogP contribution in [-0.4, -0.2) is 56.3 Å². The fourth-order valence-corrected chi connectivity index (χ4v) is 5.40. The van der Waals surface area contributed by atoms with Crippen LogP contribution in [0.5, 0.6) is 5.75 Å². The van der Waals surface area contributed by atoms with Crippen LogP contribution < -0.4 is 10.4 Å². The van der Waals surface area contributed by atoms with Gasteiger partial charge in [0.05, 0.1) is 4.90 Å². The molecule has 3 aromatic rings. The Kier molecular flexibility index (Phi) is 6.03. The molecule has 0 radical (unpaired) electrons. The van der Waals surface area contributed by atoms with Crippen molar-refractivity contribution in [1.82, 2.24) is 9.21 Å². The van der Waals surface area contributed by atoms with Gasteiger partial charge in [0.25, 0.3) is 5.91 Å². The molecule has 0 spiro atoms. The summed E-state index contributed by atoms with van der Waals surface area (Å²) >= 11 is 0. The summed E-state index contributed by atoms with van der Waals surface area (Å²) in [4.78, 5) is 25.8. The van der Waals surface area contributed by atoms with Gasteiger partial charge in [-0.15, -0.1) is 0 Å². The van der Waals surface area contributed by atoms with Crippen LogP contribution in [-0.2, 0) is 14.8 Å². The van der Waals surface area contributed by atoms with Crippen LogP contribution >= 0.6 is 0 Å². The van der Waals surface area contributed by atoms with Crippen molar-refractivity contribution in [1.29, 1.82) is 0 Å². The number of benzene rings is 2. The molecule has 0 bridgehead atoms. The third-order valence-electron chi connectivity index (χ3n) is 5.50. The Labute approximate surface area is 186 Å². The number of hydrogen-bond acceptors (Lipinski definition) is 6. The minimum atomic E-state index is -3.61. The molecule has 0 atom stereocenters. The predicted molar refractivity (Wildman–Crippen MR) is 119 cm³/mol. The molecule has 1 aliphatic rings. The lowest BCUT2D eigenvalue weighted by Crippen LogP contribution is -2.51. The van der Waals surface area contributed by atoms with Gasteiger partial charge in [0.1, 0.15) is 11.3 Å². The third-order valence-corrected chi connectivity index (χ3v) is 7.56. The van der Waals surface area contributed by atoms with Crippen molar-refractivity contribution in [3.63, 3.8) is 0 Å². The zero-order chi connectivity index (χ0) is 22.9. The summed E-state index contributed by atoms with van der Waals surface area (Å²) in [7, 11) is -3.61. The number of carbonyl (C=O) groups excluding carboxylic acids is 1. The molecule has 2 heterocycles. The quantitative estimate of drug-likeness (QED) is 0.547. The molecular formula is C23H24N2O6S. The van der Waals surface area contributed by atoms with Crippen LogP contribution in [0.3, 0.4) is 0 Å². The molecule has 1 amide bonds. The summed E-state index contributed by atoms with van der Waals surface area (Å²) in [5, 5.41) is 0.754. The summed E-state index contributed by atoms with van der Waals surface area (Å²) in [5.74, 6) is 0.180. The molecule has 0 saturated carbocycles. The largest absolute Gasteiger partial charge is 0.484 e. The van der Waals surface area contributed by atoms with Gasteiger partial charge in [0.2, 0.25) is 10.0 Å². The average molecular weight is 457 g/mol. The zero-order valence-electron chi connectivity index (χ0n) is 17.9. The highest BCUT2D eigenvalue weighted by Crippen LogP contribution is 2.23. The predicted octanol–water partition coefficient (Wildman–Crippen LogP) is 2.32. The van der Waals surface area contributed by atoms with E-state index in [1.54, 1.807) is 48.2 Å². The van der Waals surface area contributed by atoms with E-state index in [0.29, 0.717) is 34.9 Å². The van der Waals surface area contributed by atoms with Crippen LogP contribution in [0.15, 0.2) is 62.6 Å². The Morgan fingerprint density at radius 1 is 1.00 bits per heavy atom. The van der Waals surface area contributed by atoms with E-state index >= 15 is 0 Å². The second-order valence-electron chi connectivity index (χ2n) is 7.80. The van der Waals surface area contributed by atoms with Crippen molar-refractivity contribution in [2.45, 2.75) is 18.7 Å². The van der Waals surface area contributed by atoms with Gasteiger partial charge in [-0.2, -0.15) is 4.31 Å². The number of carbonyl (C=O) groups is 1. The Bertz CT molecular complexity index is 1320. The molecule has 168 valence electrons. The molecule has 1 aliphatic heterocycles. The van der Waals surface area contributed by atoms with E-state index < -0.39 is 15.6 Å². The Balaban J connectivity index is 1.36. The first-order valence-electron chi connectivity index (χ1n) is 10.3. The van der Waals surface area contributed by atoms with Gasteiger partial charge in [-0.05, 0) is 43.7 Å². The monoisotopic (exact) mass is 456 g/mol. The highest BCUT2D eigenvalue weighted by molar-refractivity contribution is 7.89. The van der Waals surface area contributed by atoms with E-state index in [1.807, 2.05) is 13.0 Å². The van der Waals surface area contributed by atoms with E-state index in [0.717, 1.165) is 10.9 Å². The first-order chi connectivity index (χ1) is 15.2. The van der Waals surface area contributed by atoms with E-state index in [9.17, 15) is 18.0 Å². The smallest absolute Gasteiger partial charge is 0.336 e. The lowest BCUT2D eigenvalue weighted by atomic mass is 10.2. The van der Waals surface area contributed by atoms with E-state index in [-0.39, 0.29) is 25.6 Å². The SMILES string of the molecule is Cc1ccc(S(=O)(=O)N2CCN(C(=O)COc3ccc4ccc(=O)oc4c3)CC2)c(C)c1. The van der Waals surface area contributed by atoms with Crippen molar-refractivity contribution < 1.29 is 22.4 Å². The second kappa shape index (κ2) is 8.76. The fraction of sp³-hybridized carbons (Fsp3) is 0.304. The molecule has 0 N–H and O–H groups in total. The summed E-state index contributed by atoms with van der Waals surface area (Å²) < 4.78 is 38.1. The number of nitrogens with zero attached hydrogens (tertiary/aromatic N) is 2. The second-order valence-corrected chi connectivity index (χ2v) is 9.70. The molecule has 9 heteroatoms. The van der Waals surface area contributed by atoms with E-state index in [2.05, 4.69) is 0 Å². The number of sulfonamides is 1. The number of fused-ring (bicyclic) bond motifs is 1. The molecule has 1 fully saturated rings. The lowest BCUT2D eigenvalue weighted by Gasteiger charge is -2.34. The van der Waals surface area contributed by atoms with Crippen molar-refractivity contribution in [2.75, 3.05) is 32.8 Å². The zero-order valence-corrected chi connectivity index (χ0v) is 18.7. The van der Waals surface area contributed by atoms with Gasteiger partial charge in [-0.25, -0.2) is 13.2 Å². The molecule has 1 saturated heterocycles. The Hall–Kier alpha value is -3.17. The topological polar surface area (TPSA) is 97.1 Å². The summed E-state index contributed by atoms with van der Waals surface area (Å²) in [6.07, 6.45) is 0. The van der Waals surface area contributed by atoms with Gasteiger partial charge in [-0.1, -0.05) is 17.7 Å². The molecule has 32 heavy (non-hydrogen) atoms. The molecule has 4 rings (SSSR count). The maximum Gasteiger partial charge on any atom is 0.336 e. The standard InChI is InChI=1S/C23H24N2O6S/c1-16-3-7-21(17(2)13-16)32(28,29)25-11-9-24(10-12-25)22(26)15-30-19-6-4-18-5-8-23(27)31-20(18)14-19/h3-8,13-14H,9-12,15H2,1-2H3. The number of hydrogen-bond donors (Lipinski definition) is 0. The van der Waals surface area contributed by atoms with Crippen LogP contribution in [0.25, 0.3) is 11.0 Å². The molecule has 2 aromatic carbocycles. The van der Waals surface area contributed by atoms with Crippen molar-refractivity contribution in [3.05, 3.63) is 70.1 Å². The maximum absolute atomic E-state index is 13.0. The summed E-state index contributed by atoms with van der Waals surface area (Å²) in [5.41, 5.74) is 1.64. The first-order valence-corrected chi connectivity index (χ1v) is 11.7. The van der Waals surface area contributed by atoms with Gasteiger partial charge >= 0.3 is 5.63 Å². The van der Waals surface area contributed by atoms with Gasteiger partial charge < -0.3 is 14.1 Å². The molecule has 0 unspecified atom stereocenters. The minimum absolute atomic E-state index is 0.188. The summed E-state index contributed by atoms with van der Waals surface area (Å²) in [6.45, 7) is 4.55. The van der Waals surface area contributed by atoms with Crippen molar-refractivity contribution in [3.8, 4) is 5.75 Å². The van der Waals surface area contributed by atoms with Crippen LogP contribution in [0, 0.1) is 13.8 Å². The molecule has 1 aromatic heterocycles. The van der Waals surface area contributed by atoms with Gasteiger partial charge in [0, 0.05) is 43.7 Å². The maximum atomic E-state index is 13.0. The highest BCUT2D eigenvalue weighted by Gasteiger charge is 2.31. The highest BCUT2D eigenvalue weighted by atomic mass is 32.2. The van der Waals surface area contributed by atoms with Gasteiger partial charge in [-0.3, -0.25) is 4.79 Å². The van der Waals surface area contributed by atoms with Crippen LogP contribution in [0.1, 0.15) is 11.1 Å². The number of aryl methyl sites for hydroxylation is 2. The fourth-order valence-electron chi connectivity index (χ4n) is 3.77. The summed E-state index contributed by atoms with van der Waals surface area (Å²) in [6, 6.07) is 13.3. The van der Waals surface area contributed by atoms with Crippen LogP contribution in [0.4, 0.5) is 0 Å². The molecule has 8 nitrogen and oxygen atoms in total. The Morgan fingerprint density at radius 3 is 2.44 bits per heavy atom. The number of amides is 1. The van der Waals surface area contributed by atoms with Crippen LogP contribution in [0.2, 0.25) is 0 Å². The normalized spacial score (nSPS) is 15.1. The first kappa shape index (κ1) is 22.0. The number of ether oxygens (including phenoxy) is 1. The third kappa shape index (κ3) is 4.53. The molecular weight excluding hydrogens is 432 g/mol.